The fourth-order valence-corrected chi connectivity index (χ4v) is 5.51. The molecule has 3 aliphatic carbocycles. The minimum Gasteiger partial charge on any atom is -0.469 e. The lowest BCUT2D eigenvalue weighted by molar-refractivity contribution is -0.223. The molecule has 0 spiro atoms. The lowest BCUT2D eigenvalue weighted by Gasteiger charge is -2.69. The summed E-state index contributed by atoms with van der Waals surface area (Å²) in [7, 11) is 1.48. The van der Waals surface area contributed by atoms with Crippen LogP contribution in [-0.2, 0) is 14.3 Å². The number of rotatable bonds is 5. The molecule has 3 fully saturated rings. The van der Waals surface area contributed by atoms with Crippen molar-refractivity contribution >= 4 is 17.6 Å². The van der Waals surface area contributed by atoms with Gasteiger partial charge >= 0.3 is 5.97 Å². The van der Waals surface area contributed by atoms with E-state index in [2.05, 4.69) is 24.4 Å². The number of ether oxygens (including phenoxy) is 1. The van der Waals surface area contributed by atoms with Crippen LogP contribution in [0, 0.1) is 10.8 Å². The van der Waals surface area contributed by atoms with E-state index in [1.165, 1.54) is 12.7 Å². The van der Waals surface area contributed by atoms with Crippen LogP contribution in [0.2, 0.25) is 0 Å². The van der Waals surface area contributed by atoms with Gasteiger partial charge in [-0.1, -0.05) is 25.1 Å². The number of fused-ring (bicyclic) bond motifs is 1. The Morgan fingerprint density at radius 3 is 2.62 bits per heavy atom. The summed E-state index contributed by atoms with van der Waals surface area (Å²) < 4.78 is 4.94. The van der Waals surface area contributed by atoms with Gasteiger partial charge in [-0.25, -0.2) is 0 Å². The van der Waals surface area contributed by atoms with Crippen molar-refractivity contribution in [2.75, 3.05) is 18.6 Å². The van der Waals surface area contributed by atoms with Crippen LogP contribution in [0.3, 0.4) is 0 Å². The second kappa shape index (κ2) is 6.08. The fraction of sp³-hybridized carbons (Fsp3) is 0.619. The Kier molecular flexibility index (Phi) is 4.10. The van der Waals surface area contributed by atoms with Gasteiger partial charge in [-0.05, 0) is 49.7 Å². The molecule has 4 aliphatic rings. The molecule has 140 valence electrons. The summed E-state index contributed by atoms with van der Waals surface area (Å²) in [5.74, 6) is 0.146. The molecule has 0 radical (unpaired) electrons. The SMILES string of the molecule is CCC(=O)N1c2ccccc2[C@H](NCC23CC(C(=O)OC)(C2)C3)C[C@@H]1C. The topological polar surface area (TPSA) is 58.6 Å². The summed E-state index contributed by atoms with van der Waals surface area (Å²) in [5, 5.41) is 3.75. The van der Waals surface area contributed by atoms with Crippen LogP contribution in [0.15, 0.2) is 24.3 Å². The Bertz CT molecular complexity index is 725. The first-order chi connectivity index (χ1) is 12.4. The molecule has 2 bridgehead atoms. The highest BCUT2D eigenvalue weighted by Crippen LogP contribution is 2.73. The molecule has 1 heterocycles. The zero-order valence-corrected chi connectivity index (χ0v) is 15.9. The Morgan fingerprint density at radius 2 is 1.96 bits per heavy atom. The predicted octanol–water partition coefficient (Wildman–Crippen LogP) is 3.20. The molecule has 1 aromatic rings. The van der Waals surface area contributed by atoms with Gasteiger partial charge < -0.3 is 15.0 Å². The van der Waals surface area contributed by atoms with Crippen molar-refractivity contribution in [2.24, 2.45) is 10.8 Å². The van der Waals surface area contributed by atoms with E-state index in [0.29, 0.717) is 6.42 Å². The second-order valence-corrected chi connectivity index (χ2v) is 8.50. The molecule has 1 aromatic carbocycles. The van der Waals surface area contributed by atoms with Gasteiger partial charge in [0, 0.05) is 30.7 Å². The van der Waals surface area contributed by atoms with E-state index in [1.54, 1.807) is 0 Å². The molecule has 0 aromatic heterocycles. The van der Waals surface area contributed by atoms with Gasteiger partial charge in [0.2, 0.25) is 5.91 Å². The van der Waals surface area contributed by atoms with Crippen molar-refractivity contribution in [3.63, 3.8) is 0 Å². The summed E-state index contributed by atoms with van der Waals surface area (Å²) in [4.78, 5) is 26.2. The Balaban J connectivity index is 1.45. The number of para-hydroxylation sites is 1. The number of nitrogens with one attached hydrogen (secondary N) is 1. The summed E-state index contributed by atoms with van der Waals surface area (Å²) in [6.45, 7) is 4.98. The number of carbonyl (C=O) groups is 2. The third kappa shape index (κ3) is 2.48. The van der Waals surface area contributed by atoms with E-state index < -0.39 is 0 Å². The van der Waals surface area contributed by atoms with Gasteiger partial charge in [0.1, 0.15) is 0 Å². The summed E-state index contributed by atoms with van der Waals surface area (Å²) in [5.41, 5.74) is 2.34. The monoisotopic (exact) mass is 356 g/mol. The zero-order valence-electron chi connectivity index (χ0n) is 15.9. The molecule has 0 saturated heterocycles. The summed E-state index contributed by atoms with van der Waals surface area (Å²) in [6, 6.07) is 8.68. The maximum atomic E-state index is 12.4. The molecule has 2 atom stereocenters. The largest absolute Gasteiger partial charge is 0.469 e. The van der Waals surface area contributed by atoms with Crippen molar-refractivity contribution < 1.29 is 14.3 Å². The average Bonchev–Trinajstić information content (AvgIpc) is 2.58. The maximum Gasteiger partial charge on any atom is 0.311 e. The first-order valence-corrected chi connectivity index (χ1v) is 9.66. The summed E-state index contributed by atoms with van der Waals surface area (Å²) in [6.07, 6.45) is 4.29. The summed E-state index contributed by atoms with van der Waals surface area (Å²) >= 11 is 0. The first kappa shape index (κ1) is 17.5. The number of amides is 1. The van der Waals surface area contributed by atoms with Crippen molar-refractivity contribution in [3.8, 4) is 0 Å². The third-order valence-corrected chi connectivity index (χ3v) is 6.64. The van der Waals surface area contributed by atoms with Gasteiger partial charge in [-0.3, -0.25) is 9.59 Å². The van der Waals surface area contributed by atoms with Crippen LogP contribution in [0.5, 0.6) is 0 Å². The molecule has 1 aliphatic heterocycles. The van der Waals surface area contributed by atoms with Crippen LogP contribution in [-0.4, -0.2) is 31.6 Å². The lowest BCUT2D eigenvalue weighted by atomic mass is 9.35. The van der Waals surface area contributed by atoms with E-state index in [0.717, 1.165) is 37.9 Å². The predicted molar refractivity (Wildman–Crippen MR) is 99.8 cm³/mol. The highest BCUT2D eigenvalue weighted by molar-refractivity contribution is 5.95. The molecule has 1 N–H and O–H groups in total. The highest BCUT2D eigenvalue weighted by atomic mass is 16.5. The quantitative estimate of drug-likeness (QED) is 0.823. The van der Waals surface area contributed by atoms with Crippen LogP contribution >= 0.6 is 0 Å². The Hall–Kier alpha value is -1.88. The molecule has 5 heteroatoms. The van der Waals surface area contributed by atoms with Gasteiger partial charge in [0.15, 0.2) is 0 Å². The number of hydrogen-bond acceptors (Lipinski definition) is 4. The van der Waals surface area contributed by atoms with Crippen molar-refractivity contribution in [3.05, 3.63) is 29.8 Å². The number of methoxy groups -OCH3 is 1. The van der Waals surface area contributed by atoms with Crippen LogP contribution in [0.25, 0.3) is 0 Å². The zero-order chi connectivity index (χ0) is 18.5. The molecule has 5 rings (SSSR count). The lowest BCUT2D eigenvalue weighted by Crippen LogP contribution is -2.68. The van der Waals surface area contributed by atoms with Gasteiger partial charge in [0.05, 0.1) is 12.5 Å². The van der Waals surface area contributed by atoms with Crippen molar-refractivity contribution in [2.45, 2.75) is 58.0 Å². The standard InChI is InChI=1S/C21H28N2O3/c1-4-18(24)23-14(2)9-16(15-7-5-6-8-17(15)23)22-13-20-10-21(11-20,12-20)19(25)26-3/h5-8,14,16,22H,4,9-13H2,1-3H3/t14-,16+,20?,21?/m0/s1. The minimum atomic E-state index is -0.182. The van der Waals surface area contributed by atoms with Crippen LogP contribution < -0.4 is 10.2 Å². The number of anilines is 1. The highest BCUT2D eigenvalue weighted by Gasteiger charge is 2.71. The van der Waals surface area contributed by atoms with Crippen molar-refractivity contribution in [1.82, 2.24) is 5.32 Å². The van der Waals surface area contributed by atoms with Gasteiger partial charge in [-0.2, -0.15) is 0 Å². The fourth-order valence-electron chi connectivity index (χ4n) is 5.51. The third-order valence-electron chi connectivity index (χ3n) is 6.64. The Morgan fingerprint density at radius 1 is 1.27 bits per heavy atom. The molecule has 3 saturated carbocycles. The van der Waals surface area contributed by atoms with E-state index >= 15 is 0 Å². The van der Waals surface area contributed by atoms with E-state index in [-0.39, 0.29) is 34.8 Å². The Labute approximate surface area is 155 Å². The maximum absolute atomic E-state index is 12.4. The molecular formula is C21H28N2O3. The first-order valence-electron chi connectivity index (χ1n) is 9.66. The van der Waals surface area contributed by atoms with Crippen LogP contribution in [0.1, 0.15) is 57.6 Å². The smallest absolute Gasteiger partial charge is 0.311 e. The number of benzene rings is 1. The number of esters is 1. The van der Waals surface area contributed by atoms with Gasteiger partial charge in [0.25, 0.3) is 0 Å². The molecule has 0 unspecified atom stereocenters. The average molecular weight is 356 g/mol. The number of nitrogens with zero attached hydrogens (tertiary/aromatic N) is 1. The molecule has 1 amide bonds. The number of carbonyl (C=O) groups excluding carboxylic acids is 2. The number of hydrogen-bond donors (Lipinski definition) is 1. The normalized spacial score (nSPS) is 34.3. The van der Waals surface area contributed by atoms with E-state index in [9.17, 15) is 9.59 Å². The molecular weight excluding hydrogens is 328 g/mol. The molecule has 26 heavy (non-hydrogen) atoms. The second-order valence-electron chi connectivity index (χ2n) is 8.50. The van der Waals surface area contributed by atoms with Crippen molar-refractivity contribution in [1.29, 1.82) is 0 Å². The van der Waals surface area contributed by atoms with E-state index in [4.69, 9.17) is 4.74 Å². The van der Waals surface area contributed by atoms with Crippen LogP contribution in [0.4, 0.5) is 5.69 Å². The van der Waals surface area contributed by atoms with Gasteiger partial charge in [-0.15, -0.1) is 0 Å². The van der Waals surface area contributed by atoms with E-state index in [1.807, 2.05) is 24.0 Å². The minimum absolute atomic E-state index is 0.0373. The molecule has 5 nitrogen and oxygen atoms in total.